The second kappa shape index (κ2) is 9.30. The lowest BCUT2D eigenvalue weighted by Crippen LogP contribution is -2.51. The molecule has 0 aliphatic heterocycles. The van der Waals surface area contributed by atoms with Crippen LogP contribution in [0.3, 0.4) is 0 Å². The Bertz CT molecular complexity index is 556. The van der Waals surface area contributed by atoms with E-state index in [1.807, 2.05) is 45.0 Å². The van der Waals surface area contributed by atoms with Crippen LogP contribution in [-0.2, 0) is 9.59 Å². The van der Waals surface area contributed by atoms with Crippen LogP contribution in [0.25, 0.3) is 0 Å². The first-order chi connectivity index (χ1) is 11.2. The van der Waals surface area contributed by atoms with Crippen LogP contribution in [-0.4, -0.2) is 29.1 Å². The number of rotatable bonds is 10. The van der Waals surface area contributed by atoms with Gasteiger partial charge in [-0.05, 0) is 50.3 Å². The van der Waals surface area contributed by atoms with Crippen molar-refractivity contribution < 1.29 is 19.4 Å². The van der Waals surface area contributed by atoms with Gasteiger partial charge in [-0.25, -0.2) is 0 Å². The average molecular weight is 335 g/mol. The van der Waals surface area contributed by atoms with Crippen LogP contribution in [0.4, 0.5) is 0 Å². The summed E-state index contributed by atoms with van der Waals surface area (Å²) < 4.78 is 5.65. The molecule has 5 heteroatoms. The van der Waals surface area contributed by atoms with Crippen molar-refractivity contribution in [3.8, 4) is 5.75 Å². The van der Waals surface area contributed by atoms with Crippen molar-refractivity contribution in [3.63, 3.8) is 0 Å². The summed E-state index contributed by atoms with van der Waals surface area (Å²) in [4.78, 5) is 23.1. The fourth-order valence-corrected chi connectivity index (χ4v) is 2.37. The van der Waals surface area contributed by atoms with E-state index >= 15 is 0 Å². The molecule has 0 radical (unpaired) electrons. The Morgan fingerprint density at radius 2 is 2.00 bits per heavy atom. The van der Waals surface area contributed by atoms with Crippen LogP contribution in [0.1, 0.15) is 52.0 Å². The molecule has 0 heterocycles. The first kappa shape index (κ1) is 20.0. The smallest absolute Gasteiger partial charge is 0.305 e. The first-order valence-corrected chi connectivity index (χ1v) is 8.45. The Morgan fingerprint density at radius 3 is 2.58 bits per heavy atom. The number of aryl methyl sites for hydroxylation is 1. The number of ether oxygens (including phenoxy) is 1. The molecule has 134 valence electrons. The summed E-state index contributed by atoms with van der Waals surface area (Å²) in [6, 6.07) is 7.86. The van der Waals surface area contributed by atoms with Gasteiger partial charge in [0.1, 0.15) is 5.75 Å². The van der Waals surface area contributed by atoms with Gasteiger partial charge in [-0.15, -0.1) is 0 Å². The molecule has 0 fully saturated rings. The zero-order chi connectivity index (χ0) is 18.2. The predicted molar refractivity (Wildman–Crippen MR) is 94.2 cm³/mol. The molecule has 0 spiro atoms. The number of unbranched alkanes of at least 4 members (excludes halogenated alkanes) is 1. The molecule has 5 nitrogen and oxygen atoms in total. The third-order valence-electron chi connectivity index (χ3n) is 4.27. The molecule has 1 aromatic rings. The lowest BCUT2D eigenvalue weighted by Gasteiger charge is -2.33. The Morgan fingerprint density at radius 1 is 1.29 bits per heavy atom. The van der Waals surface area contributed by atoms with Crippen molar-refractivity contribution >= 4 is 11.9 Å². The molecule has 0 aliphatic carbocycles. The number of hydrogen-bond donors (Lipinski definition) is 2. The molecule has 0 saturated carbocycles. The van der Waals surface area contributed by atoms with Gasteiger partial charge >= 0.3 is 5.97 Å². The zero-order valence-electron chi connectivity index (χ0n) is 15.1. The van der Waals surface area contributed by atoms with Crippen LogP contribution < -0.4 is 10.1 Å². The second-order valence-electron chi connectivity index (χ2n) is 6.81. The predicted octanol–water partition coefficient (Wildman–Crippen LogP) is 3.55. The molecule has 1 amide bonds. The highest BCUT2D eigenvalue weighted by molar-refractivity contribution is 5.78. The topological polar surface area (TPSA) is 75.6 Å². The fourth-order valence-electron chi connectivity index (χ4n) is 2.37. The van der Waals surface area contributed by atoms with Gasteiger partial charge in [0, 0.05) is 12.0 Å². The van der Waals surface area contributed by atoms with Crippen LogP contribution in [0, 0.1) is 12.8 Å². The number of carboxylic acids is 1. The third-order valence-corrected chi connectivity index (χ3v) is 4.27. The summed E-state index contributed by atoms with van der Waals surface area (Å²) >= 11 is 0. The molecule has 2 N–H and O–H groups in total. The van der Waals surface area contributed by atoms with Gasteiger partial charge in [0.15, 0.2) is 0 Å². The Labute approximate surface area is 144 Å². The molecular weight excluding hydrogens is 306 g/mol. The first-order valence-electron chi connectivity index (χ1n) is 8.45. The third kappa shape index (κ3) is 7.02. The van der Waals surface area contributed by atoms with Gasteiger partial charge in [0.25, 0.3) is 0 Å². The van der Waals surface area contributed by atoms with Crippen LogP contribution in [0.15, 0.2) is 24.3 Å². The number of carbonyl (C=O) groups excluding carboxylic acids is 1. The minimum Gasteiger partial charge on any atom is -0.494 e. The summed E-state index contributed by atoms with van der Waals surface area (Å²) in [7, 11) is 0. The van der Waals surface area contributed by atoms with E-state index < -0.39 is 11.5 Å². The van der Waals surface area contributed by atoms with Crippen molar-refractivity contribution in [2.75, 3.05) is 6.61 Å². The number of hydrogen-bond acceptors (Lipinski definition) is 3. The summed E-state index contributed by atoms with van der Waals surface area (Å²) in [5.41, 5.74) is 0.430. The van der Waals surface area contributed by atoms with E-state index in [4.69, 9.17) is 9.84 Å². The SMILES string of the molecule is Cc1cccc(OCCCCC(=O)NC(C)(CC(=O)O)C(C)C)c1. The van der Waals surface area contributed by atoms with Crippen LogP contribution in [0.5, 0.6) is 5.75 Å². The minimum atomic E-state index is -0.905. The molecule has 1 aromatic carbocycles. The standard InChI is InChI=1S/C19H29NO4/c1-14(2)19(4,13-18(22)23)20-17(21)10-5-6-11-24-16-9-7-8-15(3)12-16/h7-9,12,14H,5-6,10-11,13H2,1-4H3,(H,20,21)(H,22,23). The number of aliphatic carboxylic acids is 1. The second-order valence-corrected chi connectivity index (χ2v) is 6.81. The van der Waals surface area contributed by atoms with E-state index in [2.05, 4.69) is 5.32 Å². The lowest BCUT2D eigenvalue weighted by molar-refractivity contribution is -0.139. The highest BCUT2D eigenvalue weighted by Crippen LogP contribution is 2.21. The molecule has 0 saturated heterocycles. The number of amides is 1. The van der Waals surface area contributed by atoms with Gasteiger partial charge in [-0.3, -0.25) is 9.59 Å². The number of nitrogens with one attached hydrogen (secondary N) is 1. The molecular formula is C19H29NO4. The summed E-state index contributed by atoms with van der Waals surface area (Å²) in [5, 5.41) is 11.9. The van der Waals surface area contributed by atoms with Crippen molar-refractivity contribution in [2.24, 2.45) is 5.92 Å². The molecule has 0 bridgehead atoms. The molecule has 0 aromatic heterocycles. The average Bonchev–Trinajstić information content (AvgIpc) is 2.45. The van der Waals surface area contributed by atoms with Gasteiger partial charge in [0.2, 0.25) is 5.91 Å². The van der Waals surface area contributed by atoms with Gasteiger partial charge < -0.3 is 15.2 Å². The monoisotopic (exact) mass is 335 g/mol. The Balaban J connectivity index is 2.31. The minimum absolute atomic E-state index is 0.0437. The van der Waals surface area contributed by atoms with Crippen LogP contribution in [0.2, 0.25) is 0 Å². The van der Waals surface area contributed by atoms with E-state index in [0.717, 1.165) is 17.7 Å². The van der Waals surface area contributed by atoms with Gasteiger partial charge in [0.05, 0.1) is 13.0 Å². The van der Waals surface area contributed by atoms with E-state index in [1.165, 1.54) is 0 Å². The Hall–Kier alpha value is -2.04. The van der Waals surface area contributed by atoms with Crippen molar-refractivity contribution in [2.45, 2.75) is 58.9 Å². The van der Waals surface area contributed by atoms with E-state index in [1.54, 1.807) is 6.92 Å². The van der Waals surface area contributed by atoms with E-state index in [9.17, 15) is 9.59 Å². The van der Waals surface area contributed by atoms with E-state index in [0.29, 0.717) is 19.4 Å². The summed E-state index contributed by atoms with van der Waals surface area (Å²) in [6.07, 6.45) is 1.78. The van der Waals surface area contributed by atoms with Crippen molar-refractivity contribution in [3.05, 3.63) is 29.8 Å². The van der Waals surface area contributed by atoms with Crippen molar-refractivity contribution in [1.29, 1.82) is 0 Å². The maximum atomic E-state index is 12.1. The van der Waals surface area contributed by atoms with E-state index in [-0.39, 0.29) is 18.2 Å². The Kier molecular flexibility index (Phi) is 7.75. The van der Waals surface area contributed by atoms with Gasteiger partial charge in [-0.2, -0.15) is 0 Å². The quantitative estimate of drug-likeness (QED) is 0.641. The molecule has 1 rings (SSSR count). The summed E-state index contributed by atoms with van der Waals surface area (Å²) in [5.74, 6) is -0.128. The highest BCUT2D eigenvalue weighted by atomic mass is 16.5. The fraction of sp³-hybridized carbons (Fsp3) is 0.579. The number of benzene rings is 1. The zero-order valence-corrected chi connectivity index (χ0v) is 15.1. The number of carboxylic acid groups (broad SMARTS) is 1. The van der Waals surface area contributed by atoms with Crippen molar-refractivity contribution in [1.82, 2.24) is 5.32 Å². The van der Waals surface area contributed by atoms with Gasteiger partial charge in [-0.1, -0.05) is 26.0 Å². The molecule has 1 atom stereocenters. The maximum Gasteiger partial charge on any atom is 0.305 e. The largest absolute Gasteiger partial charge is 0.494 e. The molecule has 24 heavy (non-hydrogen) atoms. The highest BCUT2D eigenvalue weighted by Gasteiger charge is 2.32. The summed E-state index contributed by atoms with van der Waals surface area (Å²) in [6.45, 7) is 8.19. The molecule has 0 aliphatic rings. The lowest BCUT2D eigenvalue weighted by atomic mass is 9.85. The normalized spacial score (nSPS) is 13.4. The maximum absolute atomic E-state index is 12.1. The van der Waals surface area contributed by atoms with Crippen LogP contribution >= 0.6 is 0 Å². The molecule has 1 unspecified atom stereocenters. The number of carbonyl (C=O) groups is 2.